The van der Waals surface area contributed by atoms with Crippen LogP contribution >= 0.6 is 0 Å². The van der Waals surface area contributed by atoms with Crippen molar-refractivity contribution in [1.29, 1.82) is 0 Å². The lowest BCUT2D eigenvalue weighted by atomic mass is 9.99. The van der Waals surface area contributed by atoms with Crippen molar-refractivity contribution in [3.63, 3.8) is 0 Å². The summed E-state index contributed by atoms with van der Waals surface area (Å²) in [6.07, 6.45) is 2.07. The SMILES string of the molecule is CCOc1ccc(CN(C[C@H]2CCCO2)[C@@H](c2cc3cc(C)ccc3[nH]c2=O)c2nnnn2C(C)(C)C)cc1. The van der Waals surface area contributed by atoms with E-state index < -0.39 is 6.04 Å². The molecule has 1 aliphatic rings. The third-order valence-corrected chi connectivity index (χ3v) is 7.14. The maximum absolute atomic E-state index is 13.7. The first-order valence-electron chi connectivity index (χ1n) is 13.7. The first kappa shape index (κ1) is 27.0. The van der Waals surface area contributed by atoms with Crippen molar-refractivity contribution in [2.75, 3.05) is 19.8 Å². The van der Waals surface area contributed by atoms with Crippen LogP contribution in [0, 0.1) is 6.92 Å². The Morgan fingerprint density at radius 2 is 1.97 bits per heavy atom. The summed E-state index contributed by atoms with van der Waals surface area (Å²) in [5.74, 6) is 1.46. The van der Waals surface area contributed by atoms with E-state index in [9.17, 15) is 4.79 Å². The highest BCUT2D eigenvalue weighted by molar-refractivity contribution is 5.79. The maximum atomic E-state index is 13.7. The van der Waals surface area contributed by atoms with Crippen molar-refractivity contribution in [2.24, 2.45) is 0 Å². The van der Waals surface area contributed by atoms with Gasteiger partial charge in [0.2, 0.25) is 0 Å². The second-order valence-corrected chi connectivity index (χ2v) is 11.3. The van der Waals surface area contributed by atoms with Gasteiger partial charge < -0.3 is 14.5 Å². The highest BCUT2D eigenvalue weighted by Crippen LogP contribution is 2.32. The molecule has 1 aliphatic heterocycles. The monoisotopic (exact) mass is 530 g/mol. The van der Waals surface area contributed by atoms with Gasteiger partial charge in [0.1, 0.15) is 11.8 Å². The van der Waals surface area contributed by atoms with Gasteiger partial charge in [0, 0.05) is 30.8 Å². The summed E-state index contributed by atoms with van der Waals surface area (Å²) in [6, 6.07) is 15.7. The number of hydrogen-bond donors (Lipinski definition) is 1. The number of tetrazole rings is 1. The van der Waals surface area contributed by atoms with E-state index in [0.717, 1.165) is 47.2 Å². The van der Waals surface area contributed by atoms with Crippen molar-refractivity contribution >= 4 is 10.9 Å². The van der Waals surface area contributed by atoms with Gasteiger partial charge in [0.25, 0.3) is 5.56 Å². The molecule has 39 heavy (non-hydrogen) atoms. The van der Waals surface area contributed by atoms with Crippen LogP contribution in [0.5, 0.6) is 5.75 Å². The second kappa shape index (κ2) is 11.3. The number of pyridine rings is 1. The van der Waals surface area contributed by atoms with Gasteiger partial charge in [-0.1, -0.05) is 23.8 Å². The molecule has 0 aliphatic carbocycles. The van der Waals surface area contributed by atoms with Crippen molar-refractivity contribution in [2.45, 2.75) is 71.7 Å². The summed E-state index contributed by atoms with van der Waals surface area (Å²) in [6.45, 7) is 12.8. The summed E-state index contributed by atoms with van der Waals surface area (Å²) in [4.78, 5) is 19.1. The third-order valence-electron chi connectivity index (χ3n) is 7.14. The molecular weight excluding hydrogens is 492 g/mol. The minimum Gasteiger partial charge on any atom is -0.494 e. The molecule has 0 unspecified atom stereocenters. The molecule has 9 heteroatoms. The number of hydrogen-bond acceptors (Lipinski definition) is 7. The average molecular weight is 531 g/mol. The van der Waals surface area contributed by atoms with Crippen molar-refractivity contribution in [3.8, 4) is 5.75 Å². The fraction of sp³-hybridized carbons (Fsp3) is 0.467. The number of aromatic amines is 1. The van der Waals surface area contributed by atoms with Crippen LogP contribution in [0.15, 0.2) is 53.3 Å². The van der Waals surface area contributed by atoms with Crippen LogP contribution in [0.4, 0.5) is 0 Å². The predicted octanol–water partition coefficient (Wildman–Crippen LogP) is 4.75. The first-order chi connectivity index (χ1) is 18.7. The standard InChI is InChI=1S/C30H38N6O3/c1-6-38-23-12-10-21(11-13-23)18-35(19-24-8-7-15-39-24)27(28-32-33-34-36(28)30(3,4)5)25-17-22-16-20(2)9-14-26(22)31-29(25)37/h9-14,16-17,24,27H,6-8,15,18-19H2,1-5H3,(H,31,37)/t24-,27+/m1/s1. The van der Waals surface area contributed by atoms with E-state index in [2.05, 4.69) is 71.3 Å². The molecule has 3 heterocycles. The molecule has 0 radical (unpaired) electrons. The minimum atomic E-state index is -0.497. The smallest absolute Gasteiger partial charge is 0.253 e. The van der Waals surface area contributed by atoms with Crippen LogP contribution in [-0.4, -0.2) is 56.0 Å². The van der Waals surface area contributed by atoms with E-state index in [4.69, 9.17) is 9.47 Å². The Balaban J connectivity index is 1.66. The molecule has 5 rings (SSSR count). The summed E-state index contributed by atoms with van der Waals surface area (Å²) < 4.78 is 13.6. The molecular formula is C30H38N6O3. The Bertz CT molecular complexity index is 1460. The average Bonchev–Trinajstić information content (AvgIpc) is 3.59. The van der Waals surface area contributed by atoms with Gasteiger partial charge >= 0.3 is 0 Å². The number of H-pyrrole nitrogens is 1. The Morgan fingerprint density at radius 1 is 1.18 bits per heavy atom. The molecule has 0 saturated carbocycles. The zero-order chi connectivity index (χ0) is 27.6. The molecule has 1 saturated heterocycles. The lowest BCUT2D eigenvalue weighted by Gasteiger charge is -2.34. The highest BCUT2D eigenvalue weighted by Gasteiger charge is 2.35. The van der Waals surface area contributed by atoms with Crippen molar-refractivity contribution < 1.29 is 9.47 Å². The Hall–Kier alpha value is -3.56. The topological polar surface area (TPSA) is 98.2 Å². The molecule has 4 aromatic rings. The van der Waals surface area contributed by atoms with Gasteiger partial charge in [-0.05, 0) is 99.2 Å². The molecule has 2 aromatic carbocycles. The highest BCUT2D eigenvalue weighted by atomic mass is 16.5. The van der Waals surface area contributed by atoms with Crippen molar-refractivity contribution in [3.05, 3.63) is 81.4 Å². The van der Waals surface area contributed by atoms with E-state index >= 15 is 0 Å². The van der Waals surface area contributed by atoms with E-state index in [-0.39, 0.29) is 17.2 Å². The number of nitrogens with zero attached hydrogens (tertiary/aromatic N) is 5. The molecule has 2 atom stereocenters. The van der Waals surface area contributed by atoms with Gasteiger partial charge in [-0.2, -0.15) is 0 Å². The Kier molecular flexibility index (Phi) is 7.81. The molecule has 1 fully saturated rings. The van der Waals surface area contributed by atoms with Gasteiger partial charge in [0.15, 0.2) is 5.82 Å². The summed E-state index contributed by atoms with van der Waals surface area (Å²) in [5.41, 5.74) is 3.11. The molecule has 206 valence electrons. The number of benzene rings is 2. The summed E-state index contributed by atoms with van der Waals surface area (Å²) >= 11 is 0. The van der Waals surface area contributed by atoms with Crippen LogP contribution in [0.25, 0.3) is 10.9 Å². The Labute approximate surface area is 229 Å². The van der Waals surface area contributed by atoms with Crippen LogP contribution in [0.1, 0.15) is 69.1 Å². The van der Waals surface area contributed by atoms with Crippen LogP contribution < -0.4 is 10.3 Å². The van der Waals surface area contributed by atoms with Gasteiger partial charge in [-0.15, -0.1) is 5.10 Å². The molecule has 0 amide bonds. The minimum absolute atomic E-state index is 0.0657. The third kappa shape index (κ3) is 6.04. The van der Waals surface area contributed by atoms with E-state index in [0.29, 0.717) is 31.1 Å². The lowest BCUT2D eigenvalue weighted by Crippen LogP contribution is -2.40. The van der Waals surface area contributed by atoms with E-state index in [1.807, 2.05) is 41.9 Å². The maximum Gasteiger partial charge on any atom is 0.253 e. The van der Waals surface area contributed by atoms with E-state index in [1.54, 1.807) is 0 Å². The molecule has 0 spiro atoms. The fourth-order valence-corrected chi connectivity index (χ4v) is 5.29. The number of aromatic nitrogens is 5. The van der Waals surface area contributed by atoms with Crippen LogP contribution in [-0.2, 0) is 16.8 Å². The Morgan fingerprint density at radius 3 is 2.67 bits per heavy atom. The predicted molar refractivity (Wildman–Crippen MR) is 151 cm³/mol. The number of nitrogens with one attached hydrogen (secondary N) is 1. The van der Waals surface area contributed by atoms with Gasteiger partial charge in [0.05, 0.1) is 18.2 Å². The second-order valence-electron chi connectivity index (χ2n) is 11.3. The van der Waals surface area contributed by atoms with Crippen LogP contribution in [0.3, 0.4) is 0 Å². The largest absolute Gasteiger partial charge is 0.494 e. The number of fused-ring (bicyclic) bond motifs is 1. The van der Waals surface area contributed by atoms with E-state index in [1.165, 1.54) is 0 Å². The zero-order valence-corrected chi connectivity index (χ0v) is 23.5. The molecule has 9 nitrogen and oxygen atoms in total. The lowest BCUT2D eigenvalue weighted by molar-refractivity contribution is 0.0564. The quantitative estimate of drug-likeness (QED) is 0.334. The van der Waals surface area contributed by atoms with Crippen LogP contribution in [0.2, 0.25) is 0 Å². The normalized spacial score (nSPS) is 16.7. The molecule has 2 aromatic heterocycles. The molecule has 1 N–H and O–H groups in total. The summed E-state index contributed by atoms with van der Waals surface area (Å²) in [7, 11) is 0. The zero-order valence-electron chi connectivity index (χ0n) is 23.5. The fourth-order valence-electron chi connectivity index (χ4n) is 5.29. The molecule has 0 bridgehead atoms. The number of aryl methyl sites for hydroxylation is 1. The first-order valence-corrected chi connectivity index (χ1v) is 13.7. The van der Waals surface area contributed by atoms with Gasteiger partial charge in [-0.25, -0.2) is 4.68 Å². The van der Waals surface area contributed by atoms with Crippen molar-refractivity contribution in [1.82, 2.24) is 30.1 Å². The number of rotatable bonds is 9. The number of ether oxygens (including phenoxy) is 2. The summed E-state index contributed by atoms with van der Waals surface area (Å²) in [5, 5.41) is 13.9. The van der Waals surface area contributed by atoms with Gasteiger partial charge in [-0.3, -0.25) is 9.69 Å².